The van der Waals surface area contributed by atoms with Gasteiger partial charge in [-0.2, -0.15) is 0 Å². The van der Waals surface area contributed by atoms with E-state index in [1.54, 1.807) is 26.1 Å². The number of esters is 1. The van der Waals surface area contributed by atoms with Gasteiger partial charge in [0.25, 0.3) is 0 Å². The van der Waals surface area contributed by atoms with Crippen LogP contribution in [0.25, 0.3) is 0 Å². The Bertz CT molecular complexity index is 732. The van der Waals surface area contributed by atoms with Crippen molar-refractivity contribution in [3.05, 3.63) is 33.4 Å². The molecule has 1 N–H and O–H groups in total. The number of nitrogens with one attached hydrogen (secondary N) is 1. The fourth-order valence-electron chi connectivity index (χ4n) is 2.65. The highest BCUT2D eigenvalue weighted by molar-refractivity contribution is 9.10. The molecule has 1 atom stereocenters. The Morgan fingerprint density at radius 1 is 1.36 bits per heavy atom. The Morgan fingerprint density at radius 2 is 2.04 bits per heavy atom. The molecule has 1 aromatic rings. The number of benzene rings is 1. The van der Waals surface area contributed by atoms with E-state index >= 15 is 0 Å². The van der Waals surface area contributed by atoms with Crippen molar-refractivity contribution in [2.24, 2.45) is 0 Å². The van der Waals surface area contributed by atoms with Crippen molar-refractivity contribution in [3.8, 4) is 11.5 Å². The number of rotatable bonds is 5. The van der Waals surface area contributed by atoms with Crippen LogP contribution in [0.1, 0.15) is 25.5 Å². The van der Waals surface area contributed by atoms with Gasteiger partial charge in [0.2, 0.25) is 0 Å². The third-order valence-electron chi connectivity index (χ3n) is 4.03. The van der Waals surface area contributed by atoms with E-state index in [-0.39, 0.29) is 6.03 Å². The summed E-state index contributed by atoms with van der Waals surface area (Å²) in [5.41, 5.74) is 1.57. The number of carbonyl (C=O) groups is 2. The zero-order valence-electron chi connectivity index (χ0n) is 14.8. The normalized spacial score (nSPS) is 17.3. The molecule has 2 rings (SSSR count). The molecule has 8 heteroatoms. The molecule has 136 valence electrons. The first-order valence-electron chi connectivity index (χ1n) is 7.69. The number of amides is 2. The van der Waals surface area contributed by atoms with Crippen LogP contribution in [0.4, 0.5) is 4.79 Å². The number of nitrogens with zero attached hydrogens (tertiary/aromatic N) is 1. The molecule has 1 aliphatic rings. The minimum absolute atomic E-state index is 0.306. The number of hydrogen-bond acceptors (Lipinski definition) is 5. The predicted molar refractivity (Wildman–Crippen MR) is 95.6 cm³/mol. The third kappa shape index (κ3) is 3.58. The maximum absolute atomic E-state index is 12.3. The van der Waals surface area contributed by atoms with E-state index in [0.29, 0.717) is 39.4 Å². The summed E-state index contributed by atoms with van der Waals surface area (Å²) in [6, 6.07) is 2.57. The molecule has 1 aromatic carbocycles. The SMILES string of the molecule is CCOc1c(Br)cc([C@@H]2NC(=O)N(C)C(C)=C2C(=O)OC)cc1OC. The zero-order chi connectivity index (χ0) is 18.7. The first-order valence-corrected chi connectivity index (χ1v) is 8.48. The predicted octanol–water partition coefficient (Wildman–Crippen LogP) is 3.00. The lowest BCUT2D eigenvalue weighted by molar-refractivity contribution is -0.136. The van der Waals surface area contributed by atoms with Crippen molar-refractivity contribution in [2.75, 3.05) is 27.9 Å². The minimum Gasteiger partial charge on any atom is -0.493 e. The van der Waals surface area contributed by atoms with Crippen molar-refractivity contribution in [2.45, 2.75) is 19.9 Å². The van der Waals surface area contributed by atoms with Crippen molar-refractivity contribution in [1.82, 2.24) is 10.2 Å². The van der Waals surface area contributed by atoms with E-state index < -0.39 is 12.0 Å². The van der Waals surface area contributed by atoms with Gasteiger partial charge in [-0.3, -0.25) is 0 Å². The van der Waals surface area contributed by atoms with Gasteiger partial charge in [0.15, 0.2) is 11.5 Å². The molecule has 7 nitrogen and oxygen atoms in total. The maximum atomic E-state index is 12.3. The smallest absolute Gasteiger partial charge is 0.337 e. The van der Waals surface area contributed by atoms with Gasteiger partial charge in [0, 0.05) is 12.7 Å². The van der Waals surface area contributed by atoms with E-state index in [4.69, 9.17) is 14.2 Å². The topological polar surface area (TPSA) is 77.1 Å². The van der Waals surface area contributed by atoms with Crippen LogP contribution in [0, 0.1) is 0 Å². The molecule has 0 unspecified atom stereocenters. The van der Waals surface area contributed by atoms with Gasteiger partial charge in [-0.1, -0.05) is 0 Å². The Kier molecular flexibility index (Phi) is 5.94. The summed E-state index contributed by atoms with van der Waals surface area (Å²) in [6.45, 7) is 4.06. The minimum atomic E-state index is -0.656. The molecule has 1 aliphatic heterocycles. The molecule has 0 saturated heterocycles. The van der Waals surface area contributed by atoms with Gasteiger partial charge < -0.3 is 24.4 Å². The van der Waals surface area contributed by atoms with Crippen LogP contribution in [0.3, 0.4) is 0 Å². The summed E-state index contributed by atoms with van der Waals surface area (Å²) in [4.78, 5) is 25.9. The van der Waals surface area contributed by atoms with Crippen LogP contribution in [0.5, 0.6) is 11.5 Å². The summed E-state index contributed by atoms with van der Waals surface area (Å²) >= 11 is 3.46. The van der Waals surface area contributed by atoms with Crippen LogP contribution >= 0.6 is 15.9 Å². The molecule has 0 bridgehead atoms. The van der Waals surface area contributed by atoms with Gasteiger partial charge >= 0.3 is 12.0 Å². The maximum Gasteiger partial charge on any atom is 0.337 e. The van der Waals surface area contributed by atoms with Gasteiger partial charge in [-0.05, 0) is 47.5 Å². The fraction of sp³-hybridized carbons (Fsp3) is 0.412. The third-order valence-corrected chi connectivity index (χ3v) is 4.62. The lowest BCUT2D eigenvalue weighted by Gasteiger charge is -2.33. The van der Waals surface area contributed by atoms with Crippen LogP contribution in [0.2, 0.25) is 0 Å². The summed E-state index contributed by atoms with van der Waals surface area (Å²) in [5.74, 6) is 0.563. The Labute approximate surface area is 155 Å². The largest absolute Gasteiger partial charge is 0.493 e. The lowest BCUT2D eigenvalue weighted by Crippen LogP contribution is -2.46. The second-order valence-corrected chi connectivity index (χ2v) is 6.25. The van der Waals surface area contributed by atoms with E-state index in [1.165, 1.54) is 19.1 Å². The van der Waals surface area contributed by atoms with Crippen molar-refractivity contribution in [3.63, 3.8) is 0 Å². The number of methoxy groups -OCH3 is 2. The van der Waals surface area contributed by atoms with Gasteiger partial charge in [0.05, 0.1) is 36.9 Å². The quantitative estimate of drug-likeness (QED) is 0.752. The number of carbonyl (C=O) groups excluding carboxylic acids is 2. The summed E-state index contributed by atoms with van der Waals surface area (Å²) < 4.78 is 16.5. The number of urea groups is 1. The molecule has 1 heterocycles. The molecule has 0 aliphatic carbocycles. The van der Waals surface area contributed by atoms with E-state index in [0.717, 1.165) is 0 Å². The molecule has 0 aromatic heterocycles. The van der Waals surface area contributed by atoms with E-state index in [9.17, 15) is 9.59 Å². The Morgan fingerprint density at radius 3 is 2.60 bits per heavy atom. The van der Waals surface area contributed by atoms with E-state index in [1.807, 2.05) is 6.92 Å². The van der Waals surface area contributed by atoms with Crippen molar-refractivity contribution >= 4 is 27.9 Å². The van der Waals surface area contributed by atoms with Crippen LogP contribution in [-0.4, -0.2) is 44.8 Å². The van der Waals surface area contributed by atoms with Crippen molar-refractivity contribution < 1.29 is 23.8 Å². The highest BCUT2D eigenvalue weighted by Crippen LogP contribution is 2.40. The number of ether oxygens (including phenoxy) is 3. The van der Waals surface area contributed by atoms with Crippen LogP contribution in [-0.2, 0) is 9.53 Å². The molecule has 0 fully saturated rings. The van der Waals surface area contributed by atoms with Crippen molar-refractivity contribution in [1.29, 1.82) is 0 Å². The fourth-order valence-corrected chi connectivity index (χ4v) is 3.22. The molecular formula is C17H21BrN2O5. The Balaban J connectivity index is 2.60. The molecule has 25 heavy (non-hydrogen) atoms. The first kappa shape index (κ1) is 19.1. The standard InChI is InChI=1S/C17H21BrN2O5/c1-6-25-15-11(18)7-10(8-12(15)23-4)14-13(16(21)24-5)9(2)20(3)17(22)19-14/h7-8,14H,6H2,1-5H3,(H,19,22)/t14-/m0/s1. The van der Waals surface area contributed by atoms with E-state index in [2.05, 4.69) is 21.2 Å². The molecular weight excluding hydrogens is 392 g/mol. The molecule has 2 amide bonds. The van der Waals surface area contributed by atoms with Gasteiger partial charge in [-0.15, -0.1) is 0 Å². The molecule has 0 spiro atoms. The highest BCUT2D eigenvalue weighted by atomic mass is 79.9. The zero-order valence-corrected chi connectivity index (χ0v) is 16.4. The summed E-state index contributed by atoms with van der Waals surface area (Å²) in [5, 5.41) is 2.82. The number of halogens is 1. The van der Waals surface area contributed by atoms with Gasteiger partial charge in [0.1, 0.15) is 0 Å². The second kappa shape index (κ2) is 7.77. The summed E-state index contributed by atoms with van der Waals surface area (Å²) in [7, 11) is 4.44. The molecule has 0 radical (unpaired) electrons. The Hall–Kier alpha value is -2.22. The average molecular weight is 413 g/mol. The average Bonchev–Trinajstić information content (AvgIpc) is 2.60. The molecule has 0 saturated carbocycles. The monoisotopic (exact) mass is 412 g/mol. The second-order valence-electron chi connectivity index (χ2n) is 5.40. The first-order chi connectivity index (χ1) is 11.8. The van der Waals surface area contributed by atoms with Crippen LogP contribution in [0.15, 0.2) is 27.9 Å². The number of allylic oxidation sites excluding steroid dienone is 1. The van der Waals surface area contributed by atoms with Gasteiger partial charge in [-0.25, -0.2) is 9.59 Å². The highest BCUT2D eigenvalue weighted by Gasteiger charge is 2.35. The van der Waals surface area contributed by atoms with Crippen LogP contribution < -0.4 is 14.8 Å². The summed E-state index contributed by atoms with van der Waals surface area (Å²) in [6.07, 6.45) is 0. The number of hydrogen-bond donors (Lipinski definition) is 1. The lowest BCUT2D eigenvalue weighted by atomic mass is 9.94.